The summed E-state index contributed by atoms with van der Waals surface area (Å²) >= 11 is 0. The number of carboxylic acids is 1. The monoisotopic (exact) mass is 349 g/mol. The zero-order valence-corrected chi connectivity index (χ0v) is 13.8. The van der Waals surface area contributed by atoms with Crippen molar-refractivity contribution in [2.75, 3.05) is 0 Å². The minimum absolute atomic E-state index is 0.219. The Morgan fingerprint density at radius 3 is 2.73 bits per heavy atom. The summed E-state index contributed by atoms with van der Waals surface area (Å²) in [7, 11) is 0. The Bertz CT molecular complexity index is 977. The Morgan fingerprint density at radius 1 is 1.19 bits per heavy atom. The van der Waals surface area contributed by atoms with E-state index < -0.39 is 11.9 Å². The number of carbonyl (C=O) groups is 2. The summed E-state index contributed by atoms with van der Waals surface area (Å²) in [5.41, 5.74) is 4.42. The number of amides is 1. The van der Waals surface area contributed by atoms with Crippen LogP contribution in [0, 0.1) is 6.92 Å². The van der Waals surface area contributed by atoms with Crippen molar-refractivity contribution in [3.63, 3.8) is 0 Å². The minimum atomic E-state index is -0.976. The molecular weight excluding hydrogens is 334 g/mol. The maximum atomic E-state index is 11.8. The van der Waals surface area contributed by atoms with Gasteiger partial charge in [-0.3, -0.25) is 9.78 Å². The summed E-state index contributed by atoms with van der Waals surface area (Å²) < 4.78 is 5.67. The van der Waals surface area contributed by atoms with Crippen molar-refractivity contribution in [3.05, 3.63) is 77.3 Å². The molecule has 2 aromatic heterocycles. The molecule has 0 aliphatic rings. The van der Waals surface area contributed by atoms with Crippen molar-refractivity contribution in [1.82, 2.24) is 10.4 Å². The van der Waals surface area contributed by atoms with Crippen LogP contribution in [0.25, 0.3) is 11.3 Å². The Kier molecular flexibility index (Phi) is 4.89. The summed E-state index contributed by atoms with van der Waals surface area (Å²) in [6, 6.07) is 13.3. The Hall–Kier alpha value is -3.74. The van der Waals surface area contributed by atoms with E-state index in [1.54, 1.807) is 42.5 Å². The molecule has 0 bridgehead atoms. The van der Waals surface area contributed by atoms with E-state index >= 15 is 0 Å². The van der Waals surface area contributed by atoms with Gasteiger partial charge in [-0.05, 0) is 48.9 Å². The molecular formula is C19H15N3O4. The van der Waals surface area contributed by atoms with Crippen molar-refractivity contribution >= 4 is 18.1 Å². The fourth-order valence-electron chi connectivity index (χ4n) is 2.35. The quantitative estimate of drug-likeness (QED) is 0.544. The number of hydrazone groups is 1. The molecule has 0 unspecified atom stereocenters. The average molecular weight is 349 g/mol. The third-order valence-electron chi connectivity index (χ3n) is 3.62. The van der Waals surface area contributed by atoms with Gasteiger partial charge in [0, 0.05) is 11.8 Å². The molecule has 1 aromatic carbocycles. The zero-order chi connectivity index (χ0) is 18.5. The van der Waals surface area contributed by atoms with Crippen LogP contribution in [0.5, 0.6) is 0 Å². The van der Waals surface area contributed by atoms with Crippen LogP contribution >= 0.6 is 0 Å². The van der Waals surface area contributed by atoms with Crippen LogP contribution in [0.3, 0.4) is 0 Å². The highest BCUT2D eigenvalue weighted by atomic mass is 16.4. The van der Waals surface area contributed by atoms with E-state index in [-0.39, 0.29) is 11.3 Å². The SMILES string of the molecule is Cc1cc(C(=O)O)ccc1-c1ccc(/C=N\NC(=O)c2ccccn2)o1. The number of carbonyl (C=O) groups excluding carboxylic acids is 1. The Morgan fingerprint density at radius 2 is 2.04 bits per heavy atom. The van der Waals surface area contributed by atoms with Crippen molar-refractivity contribution in [3.8, 4) is 11.3 Å². The summed E-state index contributed by atoms with van der Waals surface area (Å²) in [6.07, 6.45) is 2.90. The summed E-state index contributed by atoms with van der Waals surface area (Å²) in [5.74, 6) is -0.371. The molecule has 1 amide bonds. The highest BCUT2D eigenvalue weighted by molar-refractivity contribution is 5.93. The first-order valence-electron chi connectivity index (χ1n) is 7.73. The largest absolute Gasteiger partial charge is 0.478 e. The third-order valence-corrected chi connectivity index (χ3v) is 3.62. The maximum Gasteiger partial charge on any atom is 0.335 e. The molecule has 26 heavy (non-hydrogen) atoms. The lowest BCUT2D eigenvalue weighted by atomic mass is 10.0. The Balaban J connectivity index is 1.70. The number of nitrogens with one attached hydrogen (secondary N) is 1. The van der Waals surface area contributed by atoms with Crippen LogP contribution in [0.4, 0.5) is 0 Å². The number of pyridine rings is 1. The molecule has 0 atom stereocenters. The van der Waals surface area contributed by atoms with E-state index in [1.165, 1.54) is 18.5 Å². The first-order valence-corrected chi connectivity index (χ1v) is 7.73. The number of aryl methyl sites for hydroxylation is 1. The number of rotatable bonds is 5. The Labute approximate surface area is 149 Å². The molecule has 0 saturated carbocycles. The van der Waals surface area contributed by atoms with Gasteiger partial charge in [-0.15, -0.1) is 0 Å². The van der Waals surface area contributed by atoms with Crippen molar-refractivity contribution < 1.29 is 19.1 Å². The number of benzene rings is 1. The first kappa shape index (κ1) is 17.1. The predicted octanol–water partition coefficient (Wildman–Crippen LogP) is 3.11. The van der Waals surface area contributed by atoms with Crippen LogP contribution in [-0.2, 0) is 0 Å². The molecule has 0 aliphatic heterocycles. The second-order valence-corrected chi connectivity index (χ2v) is 5.45. The van der Waals surface area contributed by atoms with Crippen molar-refractivity contribution in [2.45, 2.75) is 6.92 Å². The van der Waals surface area contributed by atoms with Crippen LogP contribution in [0.15, 0.2) is 64.2 Å². The van der Waals surface area contributed by atoms with E-state index in [0.717, 1.165) is 11.1 Å². The molecule has 0 saturated heterocycles. The standard InChI is InChI=1S/C19H15N3O4/c1-12-10-13(19(24)25)5-7-15(12)17-8-6-14(26-17)11-21-22-18(23)16-4-2-3-9-20-16/h2-11H,1H3,(H,22,23)(H,24,25)/b21-11-. The lowest BCUT2D eigenvalue weighted by Gasteiger charge is -2.03. The van der Waals surface area contributed by atoms with Gasteiger partial charge in [0.2, 0.25) is 0 Å². The van der Waals surface area contributed by atoms with Gasteiger partial charge in [-0.25, -0.2) is 10.2 Å². The van der Waals surface area contributed by atoms with Gasteiger partial charge in [0.1, 0.15) is 17.2 Å². The summed E-state index contributed by atoms with van der Waals surface area (Å²) in [4.78, 5) is 26.8. The molecule has 0 radical (unpaired) electrons. The van der Waals surface area contributed by atoms with Crippen molar-refractivity contribution in [2.24, 2.45) is 5.10 Å². The molecule has 2 N–H and O–H groups in total. The number of aromatic nitrogens is 1. The number of nitrogens with zero attached hydrogens (tertiary/aromatic N) is 2. The van der Waals surface area contributed by atoms with Gasteiger partial charge in [-0.2, -0.15) is 5.10 Å². The maximum absolute atomic E-state index is 11.8. The second kappa shape index (κ2) is 7.43. The normalized spacial score (nSPS) is 10.8. The topological polar surface area (TPSA) is 105 Å². The van der Waals surface area contributed by atoms with E-state index in [1.807, 2.05) is 6.92 Å². The van der Waals surface area contributed by atoms with Gasteiger partial charge in [-0.1, -0.05) is 12.1 Å². The van der Waals surface area contributed by atoms with Gasteiger partial charge in [0.05, 0.1) is 11.8 Å². The number of aromatic carboxylic acids is 1. The van der Waals surface area contributed by atoms with Gasteiger partial charge < -0.3 is 9.52 Å². The number of hydrogen-bond acceptors (Lipinski definition) is 5. The number of carboxylic acid groups (broad SMARTS) is 1. The lowest BCUT2D eigenvalue weighted by molar-refractivity contribution is 0.0696. The van der Waals surface area contributed by atoms with Crippen LogP contribution in [-0.4, -0.2) is 28.2 Å². The molecule has 2 heterocycles. The summed E-state index contributed by atoms with van der Waals surface area (Å²) in [5, 5.41) is 12.9. The summed E-state index contributed by atoms with van der Waals surface area (Å²) in [6.45, 7) is 1.81. The molecule has 7 heteroatoms. The van der Waals surface area contributed by atoms with Crippen LogP contribution in [0.1, 0.15) is 32.2 Å². The van der Waals surface area contributed by atoms with Crippen LogP contribution in [0.2, 0.25) is 0 Å². The fraction of sp³-hybridized carbons (Fsp3) is 0.0526. The first-order chi connectivity index (χ1) is 12.5. The molecule has 3 rings (SSSR count). The second-order valence-electron chi connectivity index (χ2n) is 5.45. The average Bonchev–Trinajstić information content (AvgIpc) is 3.10. The van der Waals surface area contributed by atoms with E-state index in [2.05, 4.69) is 15.5 Å². The smallest absolute Gasteiger partial charge is 0.335 e. The van der Waals surface area contributed by atoms with E-state index in [0.29, 0.717) is 11.5 Å². The van der Waals surface area contributed by atoms with Gasteiger partial charge in [0.25, 0.3) is 5.91 Å². The molecule has 0 spiro atoms. The molecule has 3 aromatic rings. The zero-order valence-electron chi connectivity index (χ0n) is 13.8. The minimum Gasteiger partial charge on any atom is -0.478 e. The van der Waals surface area contributed by atoms with E-state index in [9.17, 15) is 9.59 Å². The molecule has 7 nitrogen and oxygen atoms in total. The molecule has 0 aliphatic carbocycles. The molecule has 0 fully saturated rings. The highest BCUT2D eigenvalue weighted by Crippen LogP contribution is 2.26. The van der Waals surface area contributed by atoms with Gasteiger partial charge >= 0.3 is 5.97 Å². The van der Waals surface area contributed by atoms with E-state index in [4.69, 9.17) is 9.52 Å². The number of hydrogen-bond donors (Lipinski definition) is 2. The van der Waals surface area contributed by atoms with Gasteiger partial charge in [0.15, 0.2) is 0 Å². The number of furan rings is 1. The fourth-order valence-corrected chi connectivity index (χ4v) is 2.35. The lowest BCUT2D eigenvalue weighted by Crippen LogP contribution is -2.18. The van der Waals surface area contributed by atoms with Crippen molar-refractivity contribution in [1.29, 1.82) is 0 Å². The third kappa shape index (κ3) is 3.84. The molecule has 130 valence electrons. The highest BCUT2D eigenvalue weighted by Gasteiger charge is 2.10. The predicted molar refractivity (Wildman–Crippen MR) is 95.1 cm³/mol. The van der Waals surface area contributed by atoms with Crippen LogP contribution < -0.4 is 5.43 Å².